The summed E-state index contributed by atoms with van der Waals surface area (Å²) in [5.41, 5.74) is 1.92. The molecule has 0 aliphatic rings. The molecule has 0 saturated heterocycles. The molecule has 1 atom stereocenters. The highest BCUT2D eigenvalue weighted by Gasteiger charge is 2.29. The number of aromatic amines is 1. The molecule has 2 heterocycles. The van der Waals surface area contributed by atoms with Crippen molar-refractivity contribution in [1.29, 1.82) is 0 Å². The minimum atomic E-state index is -4.44. The van der Waals surface area contributed by atoms with Gasteiger partial charge in [-0.2, -0.15) is 13.2 Å². The molecule has 138 valence electrons. The third kappa shape index (κ3) is 4.16. The van der Waals surface area contributed by atoms with Crippen LogP contribution in [0.25, 0.3) is 11.0 Å². The first kappa shape index (κ1) is 18.7. The summed E-state index contributed by atoms with van der Waals surface area (Å²) in [6.45, 7) is 0.170. The zero-order chi connectivity index (χ0) is 18.9. The molecular weight excluding hydrogens is 391 g/mol. The van der Waals surface area contributed by atoms with Crippen LogP contribution in [0.1, 0.15) is 11.3 Å². The van der Waals surface area contributed by atoms with Crippen LogP contribution in [0.4, 0.5) is 13.2 Å². The van der Waals surface area contributed by atoms with Crippen molar-refractivity contribution in [2.75, 3.05) is 6.61 Å². The number of aromatic nitrogens is 3. The number of fused-ring (bicyclic) bond motifs is 1. The molecule has 5 nitrogen and oxygen atoms in total. The number of pyridine rings is 1. The fourth-order valence-corrected chi connectivity index (χ4v) is 3.61. The average molecular weight is 404 g/mol. The fraction of sp³-hybridized carbons (Fsp3) is 0.250. The van der Waals surface area contributed by atoms with Gasteiger partial charge in [0.25, 0.3) is 0 Å². The maximum absolute atomic E-state index is 12.6. The van der Waals surface area contributed by atoms with E-state index in [1.165, 1.54) is 12.3 Å². The summed E-state index contributed by atoms with van der Waals surface area (Å²) in [5, 5.41) is 0.648. The number of ether oxygens (including phenoxy) is 1. The van der Waals surface area contributed by atoms with Crippen LogP contribution in [-0.2, 0) is 16.6 Å². The Bertz CT molecular complexity index is 975. The smallest absolute Gasteiger partial charge is 0.422 e. The monoisotopic (exact) mass is 403 g/mol. The van der Waals surface area contributed by atoms with Crippen molar-refractivity contribution in [1.82, 2.24) is 15.0 Å². The van der Waals surface area contributed by atoms with Gasteiger partial charge in [0.1, 0.15) is 11.3 Å². The number of para-hydroxylation sites is 1. The lowest BCUT2D eigenvalue weighted by Crippen LogP contribution is -2.19. The molecule has 0 aliphatic heterocycles. The van der Waals surface area contributed by atoms with Crippen LogP contribution >= 0.6 is 11.6 Å². The van der Waals surface area contributed by atoms with Gasteiger partial charge in [-0.3, -0.25) is 9.19 Å². The van der Waals surface area contributed by atoms with Crippen molar-refractivity contribution in [3.8, 4) is 5.75 Å². The number of rotatable bonds is 5. The third-order valence-electron chi connectivity index (χ3n) is 3.58. The van der Waals surface area contributed by atoms with E-state index in [9.17, 15) is 17.4 Å². The van der Waals surface area contributed by atoms with Crippen molar-refractivity contribution >= 4 is 33.4 Å². The molecule has 0 spiro atoms. The minimum Gasteiger partial charge on any atom is -0.484 e. The molecule has 1 aromatic carbocycles. The predicted octanol–water partition coefficient (Wildman–Crippen LogP) is 4.17. The number of nitrogens with zero attached hydrogens (tertiary/aromatic N) is 2. The molecule has 3 rings (SSSR count). The second-order valence-electron chi connectivity index (χ2n) is 5.45. The summed E-state index contributed by atoms with van der Waals surface area (Å²) in [6, 6.07) is 6.51. The fourth-order valence-electron chi connectivity index (χ4n) is 2.30. The topological polar surface area (TPSA) is 67.9 Å². The Kier molecular flexibility index (Phi) is 5.19. The number of halogens is 4. The molecule has 0 radical (unpaired) electrons. The van der Waals surface area contributed by atoms with E-state index in [2.05, 4.69) is 15.0 Å². The van der Waals surface area contributed by atoms with E-state index in [0.29, 0.717) is 27.3 Å². The van der Waals surface area contributed by atoms with E-state index in [0.717, 1.165) is 0 Å². The number of alkyl halides is 3. The van der Waals surface area contributed by atoms with Crippen LogP contribution in [0.2, 0.25) is 5.02 Å². The summed E-state index contributed by atoms with van der Waals surface area (Å²) in [6.07, 6.45) is -3.12. The van der Waals surface area contributed by atoms with E-state index >= 15 is 0 Å². The van der Waals surface area contributed by atoms with Crippen LogP contribution in [0.15, 0.2) is 35.6 Å². The van der Waals surface area contributed by atoms with Crippen molar-refractivity contribution in [3.05, 3.63) is 46.7 Å². The molecule has 1 N–H and O–H groups in total. The zero-order valence-corrected chi connectivity index (χ0v) is 15.0. The van der Waals surface area contributed by atoms with Crippen LogP contribution < -0.4 is 4.74 Å². The second kappa shape index (κ2) is 7.24. The van der Waals surface area contributed by atoms with E-state index < -0.39 is 23.6 Å². The number of H-pyrrole nitrogens is 1. The number of nitrogens with one attached hydrogen (secondary N) is 1. The highest BCUT2D eigenvalue weighted by Crippen LogP contribution is 2.26. The van der Waals surface area contributed by atoms with Gasteiger partial charge in [-0.1, -0.05) is 17.7 Å². The van der Waals surface area contributed by atoms with E-state index in [1.54, 1.807) is 25.1 Å². The summed E-state index contributed by atoms with van der Waals surface area (Å²) in [7, 11) is -1.58. The Labute approximate surface area is 154 Å². The van der Waals surface area contributed by atoms with Crippen molar-refractivity contribution in [2.24, 2.45) is 0 Å². The molecule has 0 saturated carbocycles. The molecule has 0 fully saturated rings. The van der Waals surface area contributed by atoms with E-state index in [4.69, 9.17) is 16.3 Å². The Morgan fingerprint density at radius 1 is 1.31 bits per heavy atom. The van der Waals surface area contributed by atoms with Gasteiger partial charge < -0.3 is 9.72 Å². The standard InChI is InChI=1S/C16H13ClF3N3O2S/c1-9-12(21-6-5-13(9)25-8-16(18,19)20)7-26(24)15-22-11-4-2-3-10(17)14(11)23-15/h2-6H,7-8H2,1H3,(H,22,23). The van der Waals surface area contributed by atoms with Crippen molar-refractivity contribution in [3.63, 3.8) is 0 Å². The van der Waals surface area contributed by atoms with Crippen LogP contribution in [-0.4, -0.2) is 31.9 Å². The lowest BCUT2D eigenvalue weighted by atomic mass is 10.2. The highest BCUT2D eigenvalue weighted by atomic mass is 35.5. The Morgan fingerprint density at radius 3 is 2.77 bits per heavy atom. The second-order valence-corrected chi connectivity index (χ2v) is 7.23. The molecule has 0 amide bonds. The van der Waals surface area contributed by atoms with E-state index in [1.807, 2.05) is 0 Å². The number of hydrogen-bond acceptors (Lipinski definition) is 4. The van der Waals surface area contributed by atoms with Gasteiger partial charge in [-0.15, -0.1) is 0 Å². The number of benzene rings is 1. The van der Waals surface area contributed by atoms with Crippen LogP contribution in [0.5, 0.6) is 5.75 Å². The first-order valence-corrected chi connectivity index (χ1v) is 9.11. The maximum Gasteiger partial charge on any atom is 0.422 e. The van der Waals surface area contributed by atoms with Gasteiger partial charge in [0, 0.05) is 11.8 Å². The maximum atomic E-state index is 12.6. The van der Waals surface area contributed by atoms with Gasteiger partial charge >= 0.3 is 6.18 Å². The summed E-state index contributed by atoms with van der Waals surface area (Å²) in [5.74, 6) is 0.0314. The van der Waals surface area contributed by atoms with Crippen LogP contribution in [0.3, 0.4) is 0 Å². The van der Waals surface area contributed by atoms with Crippen molar-refractivity contribution < 1.29 is 22.1 Å². The zero-order valence-electron chi connectivity index (χ0n) is 13.4. The minimum absolute atomic E-state index is 0.0213. The summed E-state index contributed by atoms with van der Waals surface area (Å²) >= 11 is 6.05. The number of imidazole rings is 1. The lowest BCUT2D eigenvalue weighted by Gasteiger charge is -2.13. The van der Waals surface area contributed by atoms with Gasteiger partial charge in [-0.05, 0) is 25.1 Å². The predicted molar refractivity (Wildman–Crippen MR) is 91.7 cm³/mol. The highest BCUT2D eigenvalue weighted by molar-refractivity contribution is 7.84. The Morgan fingerprint density at radius 2 is 2.08 bits per heavy atom. The molecule has 2 aromatic heterocycles. The Balaban J connectivity index is 1.81. The largest absolute Gasteiger partial charge is 0.484 e. The van der Waals surface area contributed by atoms with Crippen LogP contribution in [0, 0.1) is 6.92 Å². The lowest BCUT2D eigenvalue weighted by molar-refractivity contribution is -0.153. The van der Waals surface area contributed by atoms with Gasteiger partial charge in [0.2, 0.25) is 0 Å². The molecule has 1 unspecified atom stereocenters. The number of hydrogen-bond donors (Lipinski definition) is 1. The Hall–Kier alpha value is -2.13. The van der Waals surface area contributed by atoms with Gasteiger partial charge in [-0.25, -0.2) is 4.98 Å². The third-order valence-corrected chi connectivity index (χ3v) is 5.04. The first-order valence-electron chi connectivity index (χ1n) is 7.41. The van der Waals surface area contributed by atoms with Gasteiger partial charge in [0.15, 0.2) is 11.8 Å². The van der Waals surface area contributed by atoms with Crippen molar-refractivity contribution in [2.45, 2.75) is 24.0 Å². The summed E-state index contributed by atoms with van der Waals surface area (Å²) < 4.78 is 54.4. The molecular formula is C16H13ClF3N3O2S. The average Bonchev–Trinajstić information content (AvgIpc) is 3.00. The molecule has 0 bridgehead atoms. The SMILES string of the molecule is Cc1c(OCC(F)(F)F)ccnc1CS(=O)c1nc2c(Cl)cccc2[nH]1. The van der Waals surface area contributed by atoms with Gasteiger partial charge in [0.05, 0.1) is 32.8 Å². The molecule has 0 aliphatic carbocycles. The summed E-state index contributed by atoms with van der Waals surface area (Å²) in [4.78, 5) is 11.3. The first-order chi connectivity index (χ1) is 12.2. The molecule has 10 heteroatoms. The van der Waals surface area contributed by atoms with E-state index in [-0.39, 0.29) is 16.7 Å². The molecule has 3 aromatic rings. The quantitative estimate of drug-likeness (QED) is 0.694. The molecule has 26 heavy (non-hydrogen) atoms. The normalized spacial score (nSPS) is 13.1.